The molecular weight excluding hydrogens is 300 g/mol. The first kappa shape index (κ1) is 14.9. The average Bonchev–Trinajstić information content (AvgIpc) is 2.80. The highest BCUT2D eigenvalue weighted by atomic mass is 32.2. The Bertz CT molecular complexity index is 784. The van der Waals surface area contributed by atoms with Crippen molar-refractivity contribution in [3.8, 4) is 0 Å². The van der Waals surface area contributed by atoms with Crippen molar-refractivity contribution in [3.05, 3.63) is 35.5 Å². The number of hydrogen-bond donors (Lipinski definition) is 3. The summed E-state index contributed by atoms with van der Waals surface area (Å²) in [5.41, 5.74) is -0.0106. The summed E-state index contributed by atoms with van der Waals surface area (Å²) in [6, 6.07) is 3.51. The van der Waals surface area contributed by atoms with Crippen molar-refractivity contribution in [1.29, 1.82) is 0 Å². The number of carboxylic acids is 1. The van der Waals surface area contributed by atoms with Gasteiger partial charge in [0.2, 0.25) is 15.9 Å². The standard InChI is InChI=1S/C11H12N4O5S/c1-6-14-10(20-15-6)5-13-9-3-2-7(21(12,18)19)4-8(9)11(16)17/h2-4,13H,5H2,1H3,(H,16,17)(H2,12,18,19). The predicted molar refractivity (Wildman–Crippen MR) is 71.1 cm³/mol. The third-order valence-electron chi connectivity index (χ3n) is 2.55. The van der Waals surface area contributed by atoms with Gasteiger partial charge in [0.05, 0.1) is 17.0 Å². The molecule has 10 heteroatoms. The number of carboxylic acid groups (broad SMARTS) is 1. The average molecular weight is 312 g/mol. The fourth-order valence-corrected chi connectivity index (χ4v) is 2.15. The Morgan fingerprint density at radius 1 is 1.48 bits per heavy atom. The third kappa shape index (κ3) is 3.55. The molecule has 0 bridgehead atoms. The molecule has 1 aromatic heterocycles. The molecule has 0 aliphatic carbocycles. The Morgan fingerprint density at radius 3 is 2.71 bits per heavy atom. The number of carbonyl (C=O) groups is 1. The van der Waals surface area contributed by atoms with E-state index in [1.54, 1.807) is 6.92 Å². The molecule has 9 nitrogen and oxygen atoms in total. The van der Waals surface area contributed by atoms with Crippen LogP contribution >= 0.6 is 0 Å². The number of aromatic carboxylic acids is 1. The second-order valence-corrected chi connectivity index (χ2v) is 5.71. The van der Waals surface area contributed by atoms with E-state index in [9.17, 15) is 13.2 Å². The first-order valence-electron chi connectivity index (χ1n) is 5.70. The second-order valence-electron chi connectivity index (χ2n) is 4.15. The summed E-state index contributed by atoms with van der Waals surface area (Å²) in [6.45, 7) is 1.76. The van der Waals surface area contributed by atoms with Crippen LogP contribution in [0.25, 0.3) is 0 Å². The topological polar surface area (TPSA) is 148 Å². The Labute approximate surface area is 119 Å². The largest absolute Gasteiger partial charge is 0.478 e. The van der Waals surface area contributed by atoms with Crippen molar-refractivity contribution in [1.82, 2.24) is 10.1 Å². The van der Waals surface area contributed by atoms with Crippen molar-refractivity contribution < 1.29 is 22.8 Å². The molecule has 0 aliphatic heterocycles. The van der Waals surface area contributed by atoms with Crippen molar-refractivity contribution in [2.75, 3.05) is 5.32 Å². The van der Waals surface area contributed by atoms with Crippen molar-refractivity contribution >= 4 is 21.7 Å². The lowest BCUT2D eigenvalue weighted by atomic mass is 10.2. The van der Waals surface area contributed by atoms with E-state index in [1.807, 2.05) is 0 Å². The Morgan fingerprint density at radius 2 is 2.19 bits per heavy atom. The number of sulfonamides is 1. The molecule has 0 atom stereocenters. The molecule has 0 saturated heterocycles. The molecule has 0 radical (unpaired) electrons. The van der Waals surface area contributed by atoms with Crippen LogP contribution in [0, 0.1) is 6.92 Å². The first-order chi connectivity index (χ1) is 9.77. The van der Waals surface area contributed by atoms with Gasteiger partial charge in [-0.05, 0) is 25.1 Å². The zero-order valence-corrected chi connectivity index (χ0v) is 11.7. The van der Waals surface area contributed by atoms with Crippen LogP contribution < -0.4 is 10.5 Å². The van der Waals surface area contributed by atoms with Crippen LogP contribution in [-0.2, 0) is 16.6 Å². The van der Waals surface area contributed by atoms with Gasteiger partial charge in [0.15, 0.2) is 5.82 Å². The lowest BCUT2D eigenvalue weighted by Crippen LogP contribution is -2.14. The number of benzene rings is 1. The Kier molecular flexibility index (Phi) is 3.91. The molecule has 1 aromatic carbocycles. The zero-order valence-electron chi connectivity index (χ0n) is 10.9. The van der Waals surface area contributed by atoms with Crippen molar-refractivity contribution in [3.63, 3.8) is 0 Å². The van der Waals surface area contributed by atoms with Crippen LogP contribution in [-0.4, -0.2) is 29.6 Å². The zero-order chi connectivity index (χ0) is 15.6. The maximum absolute atomic E-state index is 11.2. The number of nitrogens with two attached hydrogens (primary N) is 1. The molecule has 0 amide bonds. The lowest BCUT2D eigenvalue weighted by molar-refractivity contribution is 0.0697. The van der Waals surface area contributed by atoms with Crippen LogP contribution in [0.4, 0.5) is 5.69 Å². The summed E-state index contributed by atoms with van der Waals surface area (Å²) in [5.74, 6) is -0.557. The summed E-state index contributed by atoms with van der Waals surface area (Å²) < 4.78 is 27.3. The van der Waals surface area contributed by atoms with Gasteiger partial charge in [0.1, 0.15) is 0 Å². The van der Waals surface area contributed by atoms with E-state index in [4.69, 9.17) is 14.8 Å². The molecule has 0 fully saturated rings. The summed E-state index contributed by atoms with van der Waals surface area (Å²) in [5, 5.41) is 20.5. The number of hydrogen-bond acceptors (Lipinski definition) is 7. The molecule has 112 valence electrons. The minimum atomic E-state index is -3.97. The number of anilines is 1. The van der Waals surface area contributed by atoms with Gasteiger partial charge >= 0.3 is 5.97 Å². The van der Waals surface area contributed by atoms with Gasteiger partial charge in [-0.2, -0.15) is 4.98 Å². The molecule has 21 heavy (non-hydrogen) atoms. The molecular formula is C11H12N4O5S. The summed E-state index contributed by atoms with van der Waals surface area (Å²) in [4.78, 5) is 14.9. The number of nitrogens with zero attached hydrogens (tertiary/aromatic N) is 2. The fourth-order valence-electron chi connectivity index (χ4n) is 1.61. The second kappa shape index (κ2) is 5.50. The predicted octanol–water partition coefficient (Wildman–Crippen LogP) is 0.336. The number of aryl methyl sites for hydroxylation is 1. The van der Waals surface area contributed by atoms with Gasteiger partial charge in [-0.1, -0.05) is 5.16 Å². The van der Waals surface area contributed by atoms with E-state index in [1.165, 1.54) is 12.1 Å². The number of rotatable bonds is 5. The van der Waals surface area contributed by atoms with Crippen LogP contribution in [0.1, 0.15) is 22.1 Å². The maximum Gasteiger partial charge on any atom is 0.337 e. The van der Waals surface area contributed by atoms with Crippen molar-refractivity contribution in [2.45, 2.75) is 18.4 Å². The van der Waals surface area contributed by atoms with Gasteiger partial charge in [0.25, 0.3) is 0 Å². The number of primary sulfonamides is 1. The SMILES string of the molecule is Cc1noc(CNc2ccc(S(N)(=O)=O)cc2C(=O)O)n1. The third-order valence-corrected chi connectivity index (χ3v) is 3.46. The summed E-state index contributed by atoms with van der Waals surface area (Å²) in [7, 11) is -3.97. The minimum Gasteiger partial charge on any atom is -0.478 e. The fraction of sp³-hybridized carbons (Fsp3) is 0.182. The highest BCUT2D eigenvalue weighted by molar-refractivity contribution is 7.89. The number of nitrogens with one attached hydrogen (secondary N) is 1. The van der Waals surface area contributed by atoms with E-state index in [0.29, 0.717) is 5.82 Å². The molecule has 2 aromatic rings. The van der Waals surface area contributed by atoms with Gasteiger partial charge in [-0.15, -0.1) is 0 Å². The minimum absolute atomic E-state index is 0.107. The van der Waals surface area contributed by atoms with E-state index in [2.05, 4.69) is 15.5 Å². The molecule has 0 unspecified atom stereocenters. The highest BCUT2D eigenvalue weighted by Gasteiger charge is 2.16. The van der Waals surface area contributed by atoms with Gasteiger partial charge in [-0.25, -0.2) is 18.4 Å². The highest BCUT2D eigenvalue weighted by Crippen LogP contribution is 2.20. The monoisotopic (exact) mass is 312 g/mol. The van der Waals surface area contributed by atoms with Crippen molar-refractivity contribution in [2.24, 2.45) is 5.14 Å². The van der Waals surface area contributed by atoms with Gasteiger partial charge < -0.3 is 14.9 Å². The normalized spacial score (nSPS) is 11.3. The number of aromatic nitrogens is 2. The Balaban J connectivity index is 2.28. The van der Waals surface area contributed by atoms with Crippen LogP contribution in [0.15, 0.2) is 27.6 Å². The molecule has 0 saturated carbocycles. The van der Waals surface area contributed by atoms with E-state index in [0.717, 1.165) is 6.07 Å². The van der Waals surface area contributed by atoms with Gasteiger partial charge in [0, 0.05) is 5.69 Å². The maximum atomic E-state index is 11.2. The quantitative estimate of drug-likeness (QED) is 0.715. The van der Waals surface area contributed by atoms with E-state index < -0.39 is 16.0 Å². The molecule has 0 spiro atoms. The van der Waals surface area contributed by atoms with Crippen LogP contribution in [0.5, 0.6) is 0 Å². The van der Waals surface area contributed by atoms with Crippen LogP contribution in [0.3, 0.4) is 0 Å². The van der Waals surface area contributed by atoms with E-state index >= 15 is 0 Å². The molecule has 1 heterocycles. The summed E-state index contributed by atoms with van der Waals surface area (Å²) >= 11 is 0. The molecule has 2 rings (SSSR count). The van der Waals surface area contributed by atoms with Crippen LogP contribution in [0.2, 0.25) is 0 Å². The van der Waals surface area contributed by atoms with E-state index in [-0.39, 0.29) is 28.6 Å². The lowest BCUT2D eigenvalue weighted by Gasteiger charge is -2.09. The molecule has 4 N–H and O–H groups in total. The van der Waals surface area contributed by atoms with Gasteiger partial charge in [-0.3, -0.25) is 0 Å². The summed E-state index contributed by atoms with van der Waals surface area (Å²) in [6.07, 6.45) is 0. The molecule has 0 aliphatic rings. The smallest absolute Gasteiger partial charge is 0.337 e. The first-order valence-corrected chi connectivity index (χ1v) is 7.25. The Hall–Kier alpha value is -2.46.